The fraction of sp³-hybridized carbons (Fsp3) is 0.900. The van der Waals surface area contributed by atoms with Crippen LogP contribution >= 0.6 is 0 Å². The normalized spacial score (nSPS) is 24.5. The van der Waals surface area contributed by atoms with Gasteiger partial charge in [-0.2, -0.15) is 0 Å². The number of hydrogen-bond donors (Lipinski definition) is 2. The smallest absolute Gasteiger partial charge is 0.320 e. The molecule has 0 aromatic carbocycles. The Hall–Kier alpha value is -0.610. The van der Waals surface area contributed by atoms with Crippen molar-refractivity contribution in [2.24, 2.45) is 0 Å². The number of carbonyl (C=O) groups is 1. The SMILES string of the molecule is CNC1(C)CCN(C(C)C(=O)O)CC1. The summed E-state index contributed by atoms with van der Waals surface area (Å²) in [6.45, 7) is 5.68. The number of carboxylic acids is 1. The molecule has 1 saturated heterocycles. The molecule has 0 saturated carbocycles. The van der Waals surface area contributed by atoms with Gasteiger partial charge in [-0.25, -0.2) is 0 Å². The van der Waals surface area contributed by atoms with Crippen LogP contribution in [0.4, 0.5) is 0 Å². The Morgan fingerprint density at radius 2 is 2.00 bits per heavy atom. The van der Waals surface area contributed by atoms with Crippen LogP contribution in [-0.4, -0.2) is 47.7 Å². The first-order valence-corrected chi connectivity index (χ1v) is 5.14. The van der Waals surface area contributed by atoms with Crippen molar-refractivity contribution in [1.29, 1.82) is 0 Å². The van der Waals surface area contributed by atoms with E-state index in [-0.39, 0.29) is 11.6 Å². The number of likely N-dealkylation sites (tertiary alicyclic amines) is 1. The van der Waals surface area contributed by atoms with Gasteiger partial charge in [-0.3, -0.25) is 9.69 Å². The zero-order valence-electron chi connectivity index (χ0n) is 9.21. The third-order valence-electron chi connectivity index (χ3n) is 3.41. The Labute approximate surface area is 85.3 Å². The molecule has 0 radical (unpaired) electrons. The third-order valence-corrected chi connectivity index (χ3v) is 3.41. The van der Waals surface area contributed by atoms with E-state index in [9.17, 15) is 4.79 Å². The van der Waals surface area contributed by atoms with Gasteiger partial charge in [0, 0.05) is 18.6 Å². The van der Waals surface area contributed by atoms with E-state index in [1.54, 1.807) is 6.92 Å². The largest absolute Gasteiger partial charge is 0.480 e. The maximum absolute atomic E-state index is 10.8. The minimum Gasteiger partial charge on any atom is -0.480 e. The van der Waals surface area contributed by atoms with Gasteiger partial charge in [0.25, 0.3) is 0 Å². The van der Waals surface area contributed by atoms with Gasteiger partial charge in [0.1, 0.15) is 6.04 Å². The average Bonchev–Trinajstić information content (AvgIpc) is 2.18. The summed E-state index contributed by atoms with van der Waals surface area (Å²) < 4.78 is 0. The van der Waals surface area contributed by atoms with E-state index >= 15 is 0 Å². The summed E-state index contributed by atoms with van der Waals surface area (Å²) in [5, 5.41) is 12.2. The predicted molar refractivity (Wildman–Crippen MR) is 55.4 cm³/mol. The van der Waals surface area contributed by atoms with Gasteiger partial charge in [-0.15, -0.1) is 0 Å². The lowest BCUT2D eigenvalue weighted by molar-refractivity contribution is -0.143. The minimum atomic E-state index is -0.724. The molecule has 0 aromatic heterocycles. The summed E-state index contributed by atoms with van der Waals surface area (Å²) in [5.41, 5.74) is 0.189. The van der Waals surface area contributed by atoms with Crippen molar-refractivity contribution in [2.75, 3.05) is 20.1 Å². The Morgan fingerprint density at radius 1 is 1.50 bits per heavy atom. The molecule has 0 aliphatic carbocycles. The fourth-order valence-corrected chi connectivity index (χ4v) is 1.81. The molecule has 1 heterocycles. The lowest BCUT2D eigenvalue weighted by atomic mass is 9.89. The molecule has 1 aliphatic rings. The third kappa shape index (κ3) is 2.45. The molecular formula is C10H20N2O2. The number of rotatable bonds is 3. The van der Waals surface area contributed by atoms with Gasteiger partial charge in [-0.1, -0.05) is 0 Å². The second kappa shape index (κ2) is 4.28. The van der Waals surface area contributed by atoms with Gasteiger partial charge in [0.15, 0.2) is 0 Å². The van der Waals surface area contributed by atoms with Crippen LogP contribution in [0.25, 0.3) is 0 Å². The predicted octanol–water partition coefficient (Wildman–Crippen LogP) is 0.533. The van der Waals surface area contributed by atoms with Crippen molar-refractivity contribution < 1.29 is 9.90 Å². The molecule has 1 rings (SSSR count). The van der Waals surface area contributed by atoms with Gasteiger partial charge in [-0.05, 0) is 33.7 Å². The first-order valence-electron chi connectivity index (χ1n) is 5.14. The Bertz CT molecular complexity index is 210. The van der Waals surface area contributed by atoms with Crippen molar-refractivity contribution in [3.8, 4) is 0 Å². The number of aliphatic carboxylic acids is 1. The van der Waals surface area contributed by atoms with E-state index in [2.05, 4.69) is 12.2 Å². The summed E-state index contributed by atoms with van der Waals surface area (Å²) in [4.78, 5) is 12.8. The van der Waals surface area contributed by atoms with Crippen LogP contribution in [0.15, 0.2) is 0 Å². The number of nitrogens with zero attached hydrogens (tertiary/aromatic N) is 1. The van der Waals surface area contributed by atoms with Crippen LogP contribution in [-0.2, 0) is 4.79 Å². The maximum Gasteiger partial charge on any atom is 0.320 e. The zero-order chi connectivity index (χ0) is 10.8. The Kier molecular flexibility index (Phi) is 3.50. The second-order valence-electron chi connectivity index (χ2n) is 4.36. The second-order valence-corrected chi connectivity index (χ2v) is 4.36. The van der Waals surface area contributed by atoms with Crippen molar-refractivity contribution in [3.63, 3.8) is 0 Å². The van der Waals surface area contributed by atoms with Crippen LogP contribution in [0.5, 0.6) is 0 Å². The summed E-state index contributed by atoms with van der Waals surface area (Å²) in [6.07, 6.45) is 2.03. The molecule has 0 amide bonds. The number of piperidine rings is 1. The molecule has 1 unspecified atom stereocenters. The van der Waals surface area contributed by atoms with E-state index in [0.29, 0.717) is 0 Å². The quantitative estimate of drug-likeness (QED) is 0.698. The molecule has 4 heteroatoms. The molecule has 1 fully saturated rings. The van der Waals surface area contributed by atoms with E-state index in [1.165, 1.54) is 0 Å². The lowest BCUT2D eigenvalue weighted by Gasteiger charge is -2.40. The lowest BCUT2D eigenvalue weighted by Crippen LogP contribution is -2.53. The highest BCUT2D eigenvalue weighted by Gasteiger charge is 2.31. The van der Waals surface area contributed by atoms with Crippen molar-refractivity contribution >= 4 is 5.97 Å². The molecule has 0 aromatic rings. The van der Waals surface area contributed by atoms with Crippen molar-refractivity contribution in [3.05, 3.63) is 0 Å². The van der Waals surface area contributed by atoms with Crippen LogP contribution in [0.3, 0.4) is 0 Å². The first kappa shape index (κ1) is 11.5. The molecule has 2 N–H and O–H groups in total. The molecule has 0 spiro atoms. The average molecular weight is 200 g/mol. The summed E-state index contributed by atoms with van der Waals surface area (Å²) >= 11 is 0. The monoisotopic (exact) mass is 200 g/mol. The minimum absolute atomic E-state index is 0.189. The van der Waals surface area contributed by atoms with Crippen molar-refractivity contribution in [1.82, 2.24) is 10.2 Å². The van der Waals surface area contributed by atoms with Crippen LogP contribution in [0.1, 0.15) is 26.7 Å². The highest BCUT2D eigenvalue weighted by Crippen LogP contribution is 2.22. The summed E-state index contributed by atoms with van der Waals surface area (Å²) in [5.74, 6) is -0.724. The molecule has 4 nitrogen and oxygen atoms in total. The Morgan fingerprint density at radius 3 is 2.36 bits per heavy atom. The topological polar surface area (TPSA) is 52.6 Å². The van der Waals surface area contributed by atoms with Gasteiger partial charge < -0.3 is 10.4 Å². The molecule has 0 bridgehead atoms. The van der Waals surface area contributed by atoms with Gasteiger partial charge in [0.05, 0.1) is 0 Å². The summed E-state index contributed by atoms with van der Waals surface area (Å²) in [7, 11) is 1.97. The first-order chi connectivity index (χ1) is 6.48. The van der Waals surface area contributed by atoms with E-state index in [0.717, 1.165) is 25.9 Å². The molecule has 1 atom stereocenters. The molecule has 1 aliphatic heterocycles. The number of nitrogens with one attached hydrogen (secondary N) is 1. The maximum atomic E-state index is 10.8. The van der Waals surface area contributed by atoms with Crippen LogP contribution < -0.4 is 5.32 Å². The standard InChI is InChI=1S/C10H20N2O2/c1-8(9(13)14)12-6-4-10(2,11-3)5-7-12/h8,11H,4-7H2,1-3H3,(H,13,14). The Balaban J connectivity index is 2.47. The fourth-order valence-electron chi connectivity index (χ4n) is 1.81. The van der Waals surface area contributed by atoms with Gasteiger partial charge >= 0.3 is 5.97 Å². The highest BCUT2D eigenvalue weighted by molar-refractivity contribution is 5.72. The van der Waals surface area contributed by atoms with E-state index in [1.807, 2.05) is 11.9 Å². The van der Waals surface area contributed by atoms with Crippen molar-refractivity contribution in [2.45, 2.75) is 38.3 Å². The molecule has 14 heavy (non-hydrogen) atoms. The number of carboxylic acid groups (broad SMARTS) is 1. The molecule has 82 valence electrons. The van der Waals surface area contributed by atoms with Crippen LogP contribution in [0.2, 0.25) is 0 Å². The van der Waals surface area contributed by atoms with Gasteiger partial charge in [0.2, 0.25) is 0 Å². The summed E-state index contributed by atoms with van der Waals surface area (Å²) in [6, 6.07) is -0.351. The van der Waals surface area contributed by atoms with E-state index in [4.69, 9.17) is 5.11 Å². The van der Waals surface area contributed by atoms with E-state index < -0.39 is 5.97 Å². The zero-order valence-corrected chi connectivity index (χ0v) is 9.21. The number of hydrogen-bond acceptors (Lipinski definition) is 3. The van der Waals surface area contributed by atoms with Crippen LogP contribution in [0, 0.1) is 0 Å². The highest BCUT2D eigenvalue weighted by atomic mass is 16.4. The molecular weight excluding hydrogens is 180 g/mol.